The second-order valence-electron chi connectivity index (χ2n) is 2.40. The molecular formula is C5H3F8NO. The van der Waals surface area contributed by atoms with E-state index in [1.54, 1.807) is 0 Å². The van der Waals surface area contributed by atoms with Gasteiger partial charge in [0.1, 0.15) is 0 Å². The Hall–Kier alpha value is -1.09. The van der Waals surface area contributed by atoms with Crippen LogP contribution in [0, 0.1) is 0 Å². The largest absolute Gasteiger partial charge is 0.475 e. The molecule has 0 fully saturated rings. The summed E-state index contributed by atoms with van der Waals surface area (Å²) >= 11 is 0. The molecule has 15 heavy (non-hydrogen) atoms. The Bertz CT molecular complexity index is 253. The van der Waals surface area contributed by atoms with E-state index >= 15 is 0 Å². The molecular weight excluding hydrogens is 242 g/mol. The van der Waals surface area contributed by atoms with E-state index in [-0.39, 0.29) is 7.05 Å². The second kappa shape index (κ2) is 3.49. The van der Waals surface area contributed by atoms with Crippen LogP contribution < -0.4 is 0 Å². The molecule has 0 aromatic heterocycles. The minimum atomic E-state index is -6.26. The summed E-state index contributed by atoms with van der Waals surface area (Å²) in [7, 11) is -0.288. The van der Waals surface area contributed by atoms with Gasteiger partial charge in [-0.3, -0.25) is 9.69 Å². The third-order valence-corrected chi connectivity index (χ3v) is 1.31. The molecule has 0 radical (unpaired) electrons. The van der Waals surface area contributed by atoms with Crippen molar-refractivity contribution in [3.05, 3.63) is 0 Å². The molecule has 2 nitrogen and oxygen atoms in total. The van der Waals surface area contributed by atoms with Gasteiger partial charge in [-0.2, -0.15) is 35.1 Å². The minimum Gasteiger partial charge on any atom is -0.271 e. The van der Waals surface area contributed by atoms with Crippen molar-refractivity contribution >= 4 is 5.91 Å². The van der Waals surface area contributed by atoms with Crippen molar-refractivity contribution in [2.75, 3.05) is 7.05 Å². The highest BCUT2D eigenvalue weighted by Gasteiger charge is 2.64. The van der Waals surface area contributed by atoms with Crippen LogP contribution in [-0.4, -0.2) is 36.3 Å². The number of hydrogen-bond acceptors (Lipinski definition) is 1. The number of carbonyl (C=O) groups is 1. The Morgan fingerprint density at radius 3 is 1.47 bits per heavy atom. The molecule has 0 rings (SSSR count). The predicted molar refractivity (Wildman–Crippen MR) is 29.8 cm³/mol. The van der Waals surface area contributed by atoms with Gasteiger partial charge in [0.25, 0.3) is 0 Å². The number of alkyl halides is 8. The van der Waals surface area contributed by atoms with Crippen molar-refractivity contribution in [1.29, 1.82) is 0 Å². The highest BCUT2D eigenvalue weighted by molar-refractivity contribution is 5.82. The zero-order valence-corrected chi connectivity index (χ0v) is 6.88. The maximum Gasteiger partial charge on any atom is 0.475 e. The molecule has 0 aliphatic rings. The summed E-state index contributed by atoms with van der Waals surface area (Å²) < 4.78 is 93.5. The van der Waals surface area contributed by atoms with Gasteiger partial charge in [-0.1, -0.05) is 0 Å². The monoisotopic (exact) mass is 245 g/mol. The Labute approximate surface area is 77.4 Å². The molecule has 0 aromatic rings. The van der Waals surface area contributed by atoms with E-state index in [4.69, 9.17) is 0 Å². The molecule has 90 valence electrons. The summed E-state index contributed by atoms with van der Waals surface area (Å²) in [6.45, 7) is 0. The molecule has 0 spiro atoms. The van der Waals surface area contributed by atoms with Crippen LogP contribution >= 0.6 is 0 Å². The second-order valence-corrected chi connectivity index (χ2v) is 2.40. The Morgan fingerprint density at radius 1 is 0.933 bits per heavy atom. The summed E-state index contributed by atoms with van der Waals surface area (Å²) in [6.07, 6.45) is -12.0. The standard InChI is InChI=1S/C5H3F8NO/c1-14(2(15)3(6,7)8)5(12,13)4(9,10)11/h1H3. The molecule has 0 heterocycles. The average Bonchev–Trinajstić information content (AvgIpc) is 1.97. The van der Waals surface area contributed by atoms with E-state index in [1.807, 2.05) is 0 Å². The van der Waals surface area contributed by atoms with E-state index in [0.717, 1.165) is 0 Å². The van der Waals surface area contributed by atoms with Gasteiger partial charge in [0.15, 0.2) is 0 Å². The predicted octanol–water partition coefficient (Wildman–Crippen LogP) is 2.16. The fourth-order valence-corrected chi connectivity index (χ4v) is 0.508. The molecule has 1 amide bonds. The minimum absolute atomic E-state index is 0.288. The molecule has 0 unspecified atom stereocenters. The van der Waals surface area contributed by atoms with Gasteiger partial charge in [-0.15, -0.1) is 0 Å². The first-order valence-electron chi connectivity index (χ1n) is 3.11. The molecule has 0 saturated heterocycles. The van der Waals surface area contributed by atoms with Gasteiger partial charge in [0.05, 0.1) is 0 Å². The van der Waals surface area contributed by atoms with Crippen molar-refractivity contribution in [3.63, 3.8) is 0 Å². The van der Waals surface area contributed by atoms with Gasteiger partial charge in [-0.25, -0.2) is 0 Å². The number of rotatable bonds is 1. The van der Waals surface area contributed by atoms with Crippen LogP contribution in [0.4, 0.5) is 35.1 Å². The van der Waals surface area contributed by atoms with E-state index < -0.39 is 29.2 Å². The van der Waals surface area contributed by atoms with Crippen LogP contribution in [0.2, 0.25) is 0 Å². The highest BCUT2D eigenvalue weighted by Crippen LogP contribution is 2.39. The summed E-state index contributed by atoms with van der Waals surface area (Å²) in [6, 6.07) is -5.86. The third kappa shape index (κ3) is 2.69. The van der Waals surface area contributed by atoms with Gasteiger partial charge < -0.3 is 0 Å². The summed E-state index contributed by atoms with van der Waals surface area (Å²) in [4.78, 5) is 8.38. The van der Waals surface area contributed by atoms with Crippen molar-refractivity contribution in [2.24, 2.45) is 0 Å². The normalized spacial score (nSPS) is 13.9. The van der Waals surface area contributed by atoms with Crippen molar-refractivity contribution in [2.45, 2.75) is 18.4 Å². The molecule has 0 N–H and O–H groups in total. The lowest BCUT2D eigenvalue weighted by atomic mass is 10.4. The number of nitrogens with zero attached hydrogens (tertiary/aromatic N) is 1. The van der Waals surface area contributed by atoms with Crippen LogP contribution in [0.25, 0.3) is 0 Å². The van der Waals surface area contributed by atoms with Gasteiger partial charge in [-0.05, 0) is 0 Å². The first-order chi connectivity index (χ1) is 6.32. The van der Waals surface area contributed by atoms with Crippen LogP contribution in [0.1, 0.15) is 0 Å². The van der Waals surface area contributed by atoms with Crippen molar-refractivity contribution in [3.8, 4) is 0 Å². The van der Waals surface area contributed by atoms with Crippen LogP contribution in [-0.2, 0) is 4.79 Å². The van der Waals surface area contributed by atoms with E-state index in [2.05, 4.69) is 0 Å². The van der Waals surface area contributed by atoms with Gasteiger partial charge in [0, 0.05) is 7.05 Å². The molecule has 0 aliphatic heterocycles. The van der Waals surface area contributed by atoms with E-state index in [9.17, 15) is 39.9 Å². The number of halogens is 8. The third-order valence-electron chi connectivity index (χ3n) is 1.31. The van der Waals surface area contributed by atoms with Gasteiger partial charge in [0.2, 0.25) is 0 Å². The quantitative estimate of drug-likeness (QED) is 0.512. The highest BCUT2D eigenvalue weighted by atomic mass is 19.4. The fraction of sp³-hybridized carbons (Fsp3) is 0.800. The molecule has 0 bridgehead atoms. The fourth-order valence-electron chi connectivity index (χ4n) is 0.508. The van der Waals surface area contributed by atoms with Crippen LogP contribution in [0.15, 0.2) is 0 Å². The lowest BCUT2D eigenvalue weighted by molar-refractivity contribution is -0.334. The number of hydrogen-bond donors (Lipinski definition) is 0. The molecule has 0 aliphatic carbocycles. The lowest BCUT2D eigenvalue weighted by Gasteiger charge is -2.29. The molecule has 0 aromatic carbocycles. The van der Waals surface area contributed by atoms with Crippen molar-refractivity contribution in [1.82, 2.24) is 4.90 Å². The van der Waals surface area contributed by atoms with Crippen LogP contribution in [0.3, 0.4) is 0 Å². The Balaban J connectivity index is 5.03. The lowest BCUT2D eigenvalue weighted by Crippen LogP contribution is -2.56. The summed E-state index contributed by atoms with van der Waals surface area (Å²) in [5.74, 6) is -3.27. The molecule has 0 atom stereocenters. The van der Waals surface area contributed by atoms with Gasteiger partial charge >= 0.3 is 24.3 Å². The summed E-state index contributed by atoms with van der Waals surface area (Å²) in [5.41, 5.74) is 0. The average molecular weight is 245 g/mol. The first kappa shape index (κ1) is 13.9. The zero-order chi connectivity index (χ0) is 12.7. The number of carbonyl (C=O) groups excluding carboxylic acids is 1. The topological polar surface area (TPSA) is 20.3 Å². The number of amides is 1. The first-order valence-corrected chi connectivity index (χ1v) is 3.11. The SMILES string of the molecule is CN(C(=O)C(F)(F)F)C(F)(F)C(F)(F)F. The molecule has 0 saturated carbocycles. The zero-order valence-electron chi connectivity index (χ0n) is 6.88. The van der Waals surface area contributed by atoms with Crippen molar-refractivity contribution < 1.29 is 39.9 Å². The maximum absolute atomic E-state index is 12.2. The van der Waals surface area contributed by atoms with E-state index in [1.165, 1.54) is 0 Å². The summed E-state index contributed by atoms with van der Waals surface area (Å²) in [5, 5.41) is 0. The van der Waals surface area contributed by atoms with E-state index in [0.29, 0.717) is 0 Å². The smallest absolute Gasteiger partial charge is 0.271 e. The molecule has 10 heteroatoms. The Morgan fingerprint density at radius 2 is 1.27 bits per heavy atom. The Kier molecular flexibility index (Phi) is 3.24. The maximum atomic E-state index is 12.2. The van der Waals surface area contributed by atoms with Crippen LogP contribution in [0.5, 0.6) is 0 Å².